The van der Waals surface area contributed by atoms with Crippen LogP contribution in [-0.4, -0.2) is 51.6 Å². The fourth-order valence-corrected chi connectivity index (χ4v) is 3.37. The molecule has 0 saturated carbocycles. The quantitative estimate of drug-likeness (QED) is 0.829. The first-order valence-corrected chi connectivity index (χ1v) is 7.52. The molecular weight excluding hydrogens is 283 g/mol. The molecule has 116 valence electrons. The molecule has 22 heavy (non-hydrogen) atoms. The number of aryl methyl sites for hydroxylation is 1. The molecular formula is C16H19FN4O. The largest absolute Gasteiger partial charge is 0.386 e. The molecule has 0 radical (unpaired) electrons. The van der Waals surface area contributed by atoms with E-state index in [0.717, 1.165) is 23.1 Å². The molecule has 0 bridgehead atoms. The van der Waals surface area contributed by atoms with Gasteiger partial charge in [-0.2, -0.15) is 5.10 Å². The van der Waals surface area contributed by atoms with Crippen molar-refractivity contribution in [3.8, 4) is 0 Å². The van der Waals surface area contributed by atoms with Gasteiger partial charge in [-0.05, 0) is 18.2 Å². The number of nitrogens with zero attached hydrogens (tertiary/aromatic N) is 3. The summed E-state index contributed by atoms with van der Waals surface area (Å²) in [6.45, 7) is 2.66. The third kappa shape index (κ3) is 2.15. The molecule has 2 N–H and O–H groups in total. The van der Waals surface area contributed by atoms with Crippen LogP contribution in [0.3, 0.4) is 0 Å². The minimum absolute atomic E-state index is 0.0267. The molecule has 2 aliphatic rings. The van der Waals surface area contributed by atoms with Gasteiger partial charge in [-0.1, -0.05) is 12.2 Å². The summed E-state index contributed by atoms with van der Waals surface area (Å²) in [5, 5.41) is 19.1. The summed E-state index contributed by atoms with van der Waals surface area (Å²) in [5.74, 6) is -0.254. The summed E-state index contributed by atoms with van der Waals surface area (Å²) in [5.41, 5.74) is 1.06. The number of aliphatic hydroxyl groups is 1. The molecule has 5 nitrogen and oxygen atoms in total. The van der Waals surface area contributed by atoms with Crippen molar-refractivity contribution in [2.75, 3.05) is 26.2 Å². The molecule has 6 heteroatoms. The minimum atomic E-state index is -0.652. The maximum absolute atomic E-state index is 13.5. The van der Waals surface area contributed by atoms with Gasteiger partial charge in [-0.15, -0.1) is 0 Å². The maximum atomic E-state index is 13.5. The van der Waals surface area contributed by atoms with Gasteiger partial charge in [-0.25, -0.2) is 4.39 Å². The van der Waals surface area contributed by atoms with Crippen molar-refractivity contribution < 1.29 is 9.50 Å². The van der Waals surface area contributed by atoms with Crippen LogP contribution in [0.4, 0.5) is 4.39 Å². The predicted octanol–water partition coefficient (Wildman–Crippen LogP) is 0.960. The number of halogens is 1. The number of β-amino-alcohol motifs (C(OH)–C–C–N with tert-alkyl or cyclic N) is 1. The van der Waals surface area contributed by atoms with Gasteiger partial charge in [0.05, 0.1) is 17.3 Å². The van der Waals surface area contributed by atoms with E-state index in [0.29, 0.717) is 19.6 Å². The monoisotopic (exact) mass is 302 g/mol. The van der Waals surface area contributed by atoms with Gasteiger partial charge in [0.15, 0.2) is 0 Å². The van der Waals surface area contributed by atoms with E-state index >= 15 is 0 Å². The highest BCUT2D eigenvalue weighted by atomic mass is 19.1. The lowest BCUT2D eigenvalue weighted by Crippen LogP contribution is -2.64. The van der Waals surface area contributed by atoms with E-state index in [-0.39, 0.29) is 11.9 Å². The zero-order valence-corrected chi connectivity index (χ0v) is 12.5. The van der Waals surface area contributed by atoms with Crippen LogP contribution >= 0.6 is 0 Å². The van der Waals surface area contributed by atoms with Gasteiger partial charge < -0.3 is 10.4 Å². The average Bonchev–Trinajstić information content (AvgIpc) is 3.02. The fourth-order valence-electron chi connectivity index (χ4n) is 3.37. The Morgan fingerprint density at radius 2 is 2.27 bits per heavy atom. The summed E-state index contributed by atoms with van der Waals surface area (Å²) in [6, 6.07) is 4.80. The Balaban J connectivity index is 1.69. The summed E-state index contributed by atoms with van der Waals surface area (Å²) < 4.78 is 15.2. The second-order valence-electron chi connectivity index (χ2n) is 6.30. The second kappa shape index (κ2) is 4.87. The first kappa shape index (κ1) is 13.9. The fraction of sp³-hybridized carbons (Fsp3) is 0.438. The Morgan fingerprint density at radius 3 is 3.00 bits per heavy atom. The molecule has 2 aromatic rings. The Hall–Kier alpha value is -1.76. The van der Waals surface area contributed by atoms with Crippen molar-refractivity contribution in [2.45, 2.75) is 11.6 Å². The third-order valence-electron chi connectivity index (χ3n) is 4.58. The van der Waals surface area contributed by atoms with E-state index in [2.05, 4.69) is 27.5 Å². The van der Waals surface area contributed by atoms with Crippen LogP contribution in [0.1, 0.15) is 11.7 Å². The van der Waals surface area contributed by atoms with Crippen molar-refractivity contribution in [3.05, 3.63) is 41.9 Å². The van der Waals surface area contributed by atoms with Crippen LogP contribution in [0.25, 0.3) is 10.9 Å². The van der Waals surface area contributed by atoms with E-state index in [9.17, 15) is 9.50 Å². The van der Waals surface area contributed by atoms with Gasteiger partial charge in [0.1, 0.15) is 11.4 Å². The number of rotatable bonds is 3. The number of hydrogen-bond acceptors (Lipinski definition) is 4. The molecule has 2 aliphatic heterocycles. The lowest BCUT2D eigenvalue weighted by molar-refractivity contribution is -0.0393. The Labute approximate surface area is 128 Å². The molecule has 1 aromatic carbocycles. The van der Waals surface area contributed by atoms with Gasteiger partial charge in [0.2, 0.25) is 0 Å². The summed E-state index contributed by atoms with van der Waals surface area (Å²) in [4.78, 5) is 2.21. The highest BCUT2D eigenvalue weighted by molar-refractivity contribution is 5.82. The van der Waals surface area contributed by atoms with Crippen molar-refractivity contribution >= 4 is 10.9 Å². The zero-order chi connectivity index (χ0) is 15.3. The Morgan fingerprint density at radius 1 is 1.45 bits per heavy atom. The van der Waals surface area contributed by atoms with Gasteiger partial charge in [0, 0.05) is 38.6 Å². The summed E-state index contributed by atoms with van der Waals surface area (Å²) in [7, 11) is 1.83. The molecule has 1 unspecified atom stereocenters. The molecule has 4 rings (SSSR count). The molecule has 1 fully saturated rings. The highest BCUT2D eigenvalue weighted by Gasteiger charge is 2.39. The minimum Gasteiger partial charge on any atom is -0.386 e. The van der Waals surface area contributed by atoms with Crippen molar-refractivity contribution in [1.82, 2.24) is 20.0 Å². The molecule has 1 atom stereocenters. The standard InChI is InChI=1S/C16H19FN4O/c1-20-14-7-11(17)4-5-12(14)15(19-20)13-3-2-6-21(13)10-16(22)8-18-9-16/h2-5,7,13,18,22H,6,8-10H2,1H3. The molecule has 0 aliphatic carbocycles. The first-order valence-electron chi connectivity index (χ1n) is 7.52. The maximum Gasteiger partial charge on any atom is 0.125 e. The van der Waals surface area contributed by atoms with Gasteiger partial charge in [-0.3, -0.25) is 9.58 Å². The molecule has 0 spiro atoms. The van der Waals surface area contributed by atoms with Crippen LogP contribution in [0.5, 0.6) is 0 Å². The topological polar surface area (TPSA) is 53.3 Å². The van der Waals surface area contributed by atoms with Crippen LogP contribution in [0.2, 0.25) is 0 Å². The van der Waals surface area contributed by atoms with E-state index < -0.39 is 5.60 Å². The molecule has 1 saturated heterocycles. The van der Waals surface area contributed by atoms with Crippen LogP contribution < -0.4 is 5.32 Å². The lowest BCUT2D eigenvalue weighted by atomic mass is 9.96. The van der Waals surface area contributed by atoms with Crippen molar-refractivity contribution in [3.63, 3.8) is 0 Å². The van der Waals surface area contributed by atoms with Crippen molar-refractivity contribution in [2.24, 2.45) is 7.05 Å². The smallest absolute Gasteiger partial charge is 0.125 e. The van der Waals surface area contributed by atoms with Crippen LogP contribution in [-0.2, 0) is 7.05 Å². The summed E-state index contributed by atoms with van der Waals surface area (Å²) >= 11 is 0. The predicted molar refractivity (Wildman–Crippen MR) is 81.9 cm³/mol. The van der Waals surface area contributed by atoms with Crippen LogP contribution in [0, 0.1) is 5.82 Å². The highest BCUT2D eigenvalue weighted by Crippen LogP contribution is 2.33. The Bertz CT molecular complexity index is 750. The van der Waals surface area contributed by atoms with E-state index in [1.165, 1.54) is 12.1 Å². The number of fused-ring (bicyclic) bond motifs is 1. The Kier molecular flexibility index (Phi) is 3.07. The second-order valence-corrected chi connectivity index (χ2v) is 6.30. The molecule has 0 amide bonds. The molecule has 1 aromatic heterocycles. The van der Waals surface area contributed by atoms with Crippen molar-refractivity contribution in [1.29, 1.82) is 0 Å². The number of benzene rings is 1. The zero-order valence-electron chi connectivity index (χ0n) is 12.5. The first-order chi connectivity index (χ1) is 10.6. The number of hydrogen-bond donors (Lipinski definition) is 2. The normalized spacial score (nSPS) is 24.0. The van der Waals surface area contributed by atoms with Crippen LogP contribution in [0.15, 0.2) is 30.4 Å². The number of nitrogens with one attached hydrogen (secondary N) is 1. The average molecular weight is 302 g/mol. The number of aromatic nitrogens is 2. The SMILES string of the molecule is Cn1nc(C2C=CCN2CC2(O)CNC2)c2ccc(F)cc21. The van der Waals surface area contributed by atoms with E-state index in [1.807, 2.05) is 7.05 Å². The third-order valence-corrected chi connectivity index (χ3v) is 4.58. The van der Waals surface area contributed by atoms with Gasteiger partial charge in [0.25, 0.3) is 0 Å². The lowest BCUT2D eigenvalue weighted by Gasteiger charge is -2.41. The van der Waals surface area contributed by atoms with Gasteiger partial charge >= 0.3 is 0 Å². The summed E-state index contributed by atoms with van der Waals surface area (Å²) in [6.07, 6.45) is 4.21. The van der Waals surface area contributed by atoms with E-state index in [1.54, 1.807) is 10.7 Å². The van der Waals surface area contributed by atoms with E-state index in [4.69, 9.17) is 0 Å². The molecule has 3 heterocycles.